The van der Waals surface area contributed by atoms with E-state index < -0.39 is 49.3 Å². The van der Waals surface area contributed by atoms with Crippen molar-refractivity contribution in [2.24, 2.45) is 0 Å². The van der Waals surface area contributed by atoms with Gasteiger partial charge in [0, 0.05) is 6.42 Å². The van der Waals surface area contributed by atoms with Crippen LogP contribution in [-0.4, -0.2) is 66.3 Å². The van der Waals surface area contributed by atoms with Crippen molar-refractivity contribution in [2.45, 2.75) is 87.7 Å². The van der Waals surface area contributed by atoms with Crippen LogP contribution in [0.5, 0.6) is 5.75 Å². The molecule has 6 rings (SSSR count). The summed E-state index contributed by atoms with van der Waals surface area (Å²) in [4.78, 5) is 20.8. The lowest BCUT2D eigenvalue weighted by Gasteiger charge is -2.25. The zero-order valence-corrected chi connectivity index (χ0v) is 23.4. The van der Waals surface area contributed by atoms with Gasteiger partial charge in [0.1, 0.15) is 48.1 Å². The fraction of sp³-hybridized carbons (Fsp3) is 0.538. The number of imidazole rings is 1. The summed E-state index contributed by atoms with van der Waals surface area (Å²) in [6.45, 7) is 2.70. The largest absolute Gasteiger partial charge is 0.461 e. The molecule has 13 nitrogen and oxygen atoms in total. The Bertz CT molecular complexity index is 1490. The zero-order chi connectivity index (χ0) is 29.0. The number of halogens is 1. The maximum atomic E-state index is 16.1. The second-order valence-corrected chi connectivity index (χ2v) is 12.6. The first-order chi connectivity index (χ1) is 19.5. The first kappa shape index (κ1) is 28.0. The molecule has 4 unspecified atom stereocenters. The van der Waals surface area contributed by atoms with Crippen molar-refractivity contribution in [3.05, 3.63) is 48.5 Å². The van der Waals surface area contributed by atoms with E-state index in [-0.39, 0.29) is 35.4 Å². The van der Waals surface area contributed by atoms with Crippen LogP contribution in [0.3, 0.4) is 0 Å². The molecule has 3 aliphatic rings. The molecule has 2 saturated carbocycles. The molecule has 1 spiro atoms. The summed E-state index contributed by atoms with van der Waals surface area (Å²) in [5.74, 6) is -0.276. The van der Waals surface area contributed by atoms with E-state index >= 15 is 4.39 Å². The number of carbonyl (C=O) groups is 1. The molecule has 1 saturated heterocycles. The van der Waals surface area contributed by atoms with Gasteiger partial charge in [-0.2, -0.15) is 10.2 Å². The number of nitrogens with zero attached hydrogens (tertiary/aromatic N) is 4. The van der Waals surface area contributed by atoms with E-state index in [1.54, 1.807) is 30.3 Å². The second kappa shape index (κ2) is 10.3. The quantitative estimate of drug-likeness (QED) is 0.246. The number of benzene rings is 1. The predicted molar refractivity (Wildman–Crippen MR) is 142 cm³/mol. The molecule has 3 fully saturated rings. The van der Waals surface area contributed by atoms with Gasteiger partial charge in [0.2, 0.25) is 0 Å². The smallest absolute Gasteiger partial charge is 0.459 e. The van der Waals surface area contributed by atoms with Crippen LogP contribution in [0.2, 0.25) is 0 Å². The van der Waals surface area contributed by atoms with Gasteiger partial charge in [-0.25, -0.2) is 23.4 Å². The molecular weight excluding hydrogens is 558 g/mol. The number of rotatable bonds is 9. The molecule has 0 amide bonds. The fourth-order valence-corrected chi connectivity index (χ4v) is 7.32. The molecule has 0 radical (unpaired) electrons. The summed E-state index contributed by atoms with van der Waals surface area (Å²) in [5.41, 5.74) is 2.45. The lowest BCUT2D eigenvalue weighted by atomic mass is 9.92. The van der Waals surface area contributed by atoms with E-state index in [2.05, 4.69) is 20.2 Å². The fourth-order valence-electron chi connectivity index (χ4n) is 5.60. The van der Waals surface area contributed by atoms with Crippen LogP contribution in [-0.2, 0) is 23.4 Å². The Hall–Kier alpha value is -3.16. The highest BCUT2D eigenvalue weighted by molar-refractivity contribution is 7.52. The molecule has 2 aliphatic carbocycles. The normalized spacial score (nSPS) is 31.8. The summed E-state index contributed by atoms with van der Waals surface area (Å²) in [7, 11) is -4.28. The zero-order valence-electron chi connectivity index (χ0n) is 22.6. The van der Waals surface area contributed by atoms with Crippen LogP contribution in [0, 0.1) is 0 Å². The van der Waals surface area contributed by atoms with Crippen LogP contribution in [0.15, 0.2) is 42.9 Å². The van der Waals surface area contributed by atoms with Gasteiger partial charge in [-0.1, -0.05) is 18.2 Å². The number of nitrogens with one attached hydrogen (secondary N) is 1. The van der Waals surface area contributed by atoms with Crippen molar-refractivity contribution in [1.29, 1.82) is 0 Å². The highest BCUT2D eigenvalue weighted by Gasteiger charge is 2.76. The van der Waals surface area contributed by atoms with Crippen LogP contribution in [0.4, 0.5) is 10.2 Å². The average molecular weight is 591 g/mol. The summed E-state index contributed by atoms with van der Waals surface area (Å²) in [6, 6.07) is 7.24. The number of nitrogens with two attached hydrogens (primary N) is 1. The van der Waals surface area contributed by atoms with Crippen molar-refractivity contribution < 1.29 is 37.4 Å². The molecule has 7 atom stereocenters. The number of para-hydroxylation sites is 1. The summed E-state index contributed by atoms with van der Waals surface area (Å²) >= 11 is 0. The Morgan fingerprint density at radius 1 is 1.29 bits per heavy atom. The monoisotopic (exact) mass is 590 g/mol. The third-order valence-electron chi connectivity index (χ3n) is 7.89. The first-order valence-corrected chi connectivity index (χ1v) is 15.1. The van der Waals surface area contributed by atoms with Gasteiger partial charge in [-0.3, -0.25) is 9.32 Å². The van der Waals surface area contributed by atoms with Crippen molar-refractivity contribution in [3.8, 4) is 5.75 Å². The number of aliphatic hydroxyl groups is 1. The van der Waals surface area contributed by atoms with Crippen LogP contribution >= 0.6 is 7.75 Å². The topological polar surface area (TPSA) is 172 Å². The Kier molecular flexibility index (Phi) is 7.02. The number of fused-ring (bicyclic) bond motifs is 1. The summed E-state index contributed by atoms with van der Waals surface area (Å²) in [6.07, 6.45) is 1.91. The molecule has 4 N–H and O–H groups in total. The standard InChI is InChI=1S/C26H32FN6O7P/c1-15(23(34)37-16-8-6-7-9-16)32-41(36,39-17-10-4-3-5-11-17)40-19-12-26(19)24(35)25(2,27)20(38-26)18-13-29-22-21(28)30-14-31-33(18)22/h3-5,10-11,13-16,19-20,24,35H,6-9,12H2,1-2H3,(H,32,36)(H2,28,30,31)/t15-,19?,20?,24-,25-,26?,41?/m0/s1. The molecule has 1 aliphatic heterocycles. The number of hydrogen-bond donors (Lipinski definition) is 3. The number of aliphatic hydroxyl groups excluding tert-OH is 1. The van der Waals surface area contributed by atoms with Crippen molar-refractivity contribution in [3.63, 3.8) is 0 Å². The lowest BCUT2D eigenvalue weighted by molar-refractivity contribution is -0.150. The molecular formula is C26H32FN6O7P. The highest BCUT2D eigenvalue weighted by Crippen LogP contribution is 2.64. The molecule has 220 valence electrons. The number of nitrogen functional groups attached to an aromatic ring is 1. The van der Waals surface area contributed by atoms with Crippen LogP contribution in [0.1, 0.15) is 57.7 Å². The number of anilines is 1. The Morgan fingerprint density at radius 3 is 2.76 bits per heavy atom. The lowest BCUT2D eigenvalue weighted by Crippen LogP contribution is -2.41. The van der Waals surface area contributed by atoms with Gasteiger partial charge < -0.3 is 24.8 Å². The maximum absolute atomic E-state index is 16.1. The van der Waals surface area contributed by atoms with Gasteiger partial charge in [-0.15, -0.1) is 0 Å². The van der Waals surface area contributed by atoms with Gasteiger partial charge in [-0.05, 0) is 51.7 Å². The van der Waals surface area contributed by atoms with Crippen LogP contribution in [0.25, 0.3) is 5.65 Å². The predicted octanol–water partition coefficient (Wildman–Crippen LogP) is 3.05. The molecule has 3 aromatic rings. The van der Waals surface area contributed by atoms with E-state index in [9.17, 15) is 14.5 Å². The first-order valence-electron chi connectivity index (χ1n) is 13.5. The SMILES string of the molecule is C[C@H](NP(=O)(Oc1ccccc1)OC1CC12OC(c1cnc3c(N)ncnn13)[C@](C)(F)[C@@H]2O)C(=O)OC1CCCC1. The Morgan fingerprint density at radius 2 is 2.02 bits per heavy atom. The third kappa shape index (κ3) is 5.08. The molecule has 1 aromatic carbocycles. The number of ether oxygens (including phenoxy) is 2. The minimum Gasteiger partial charge on any atom is -0.461 e. The highest BCUT2D eigenvalue weighted by atomic mass is 31.2. The number of carbonyl (C=O) groups excluding carboxylic acids is 1. The third-order valence-corrected chi connectivity index (χ3v) is 9.57. The maximum Gasteiger partial charge on any atom is 0.459 e. The number of esters is 1. The second-order valence-electron chi connectivity index (χ2n) is 11.0. The van der Waals surface area contributed by atoms with E-state index in [1.165, 1.54) is 30.9 Å². The Labute approximate surface area is 235 Å². The molecule has 0 bridgehead atoms. The summed E-state index contributed by atoms with van der Waals surface area (Å²) in [5, 5.41) is 17.9. The minimum absolute atomic E-state index is 0.0166. The van der Waals surface area contributed by atoms with Gasteiger partial charge in [0.15, 0.2) is 17.1 Å². The van der Waals surface area contributed by atoms with Crippen LogP contribution < -0.4 is 15.3 Å². The Balaban J connectivity index is 1.23. The van der Waals surface area contributed by atoms with E-state index in [0.29, 0.717) is 0 Å². The van der Waals surface area contributed by atoms with Gasteiger partial charge >= 0.3 is 13.7 Å². The number of hydrogen-bond acceptors (Lipinski definition) is 11. The van der Waals surface area contributed by atoms with Gasteiger partial charge in [0.25, 0.3) is 0 Å². The van der Waals surface area contributed by atoms with Crippen molar-refractivity contribution in [2.75, 3.05) is 5.73 Å². The van der Waals surface area contributed by atoms with E-state index in [4.69, 9.17) is 24.3 Å². The molecule has 15 heteroatoms. The number of alkyl halides is 1. The summed E-state index contributed by atoms with van der Waals surface area (Å²) < 4.78 is 54.8. The minimum atomic E-state index is -4.28. The molecule has 41 heavy (non-hydrogen) atoms. The van der Waals surface area contributed by atoms with Crippen molar-refractivity contribution >= 4 is 25.2 Å². The van der Waals surface area contributed by atoms with E-state index in [0.717, 1.165) is 25.7 Å². The number of aromatic nitrogens is 4. The molecule has 3 heterocycles. The van der Waals surface area contributed by atoms with Crippen molar-refractivity contribution in [1.82, 2.24) is 24.7 Å². The van der Waals surface area contributed by atoms with Gasteiger partial charge in [0.05, 0.1) is 11.9 Å². The molecule has 2 aromatic heterocycles. The van der Waals surface area contributed by atoms with E-state index in [1.807, 2.05) is 0 Å². The average Bonchev–Trinajstić information content (AvgIpc) is 3.25.